The summed E-state index contributed by atoms with van der Waals surface area (Å²) in [7, 11) is 0. The van der Waals surface area contributed by atoms with Gasteiger partial charge in [-0.25, -0.2) is 0 Å². The summed E-state index contributed by atoms with van der Waals surface area (Å²) in [5, 5.41) is 0. The summed E-state index contributed by atoms with van der Waals surface area (Å²) in [5.74, 6) is 0. The zero-order valence-corrected chi connectivity index (χ0v) is 19.4. The lowest BCUT2D eigenvalue weighted by atomic mass is 9.56. The van der Waals surface area contributed by atoms with E-state index in [1.54, 1.807) is 0 Å². The molecular weight excluding hydrogens is 384 g/mol. The smallest absolute Gasteiger partial charge is 0.0185 e. The summed E-state index contributed by atoms with van der Waals surface area (Å²) in [6.45, 7) is 5.03. The molecule has 0 aliphatic carbocycles. The van der Waals surface area contributed by atoms with Crippen molar-refractivity contribution in [1.29, 1.82) is 0 Å². The molecule has 0 radical (unpaired) electrons. The second-order valence-corrected chi connectivity index (χ2v) is 9.77. The molecule has 0 saturated heterocycles. The van der Waals surface area contributed by atoms with Gasteiger partial charge >= 0.3 is 0 Å². The van der Waals surface area contributed by atoms with Crippen molar-refractivity contribution in [1.82, 2.24) is 0 Å². The summed E-state index contributed by atoms with van der Waals surface area (Å²) >= 11 is 0. The van der Waals surface area contributed by atoms with Gasteiger partial charge in [-0.1, -0.05) is 135 Å². The van der Waals surface area contributed by atoms with Crippen LogP contribution in [-0.2, 0) is 25.7 Å². The van der Waals surface area contributed by atoms with Crippen LogP contribution in [0.2, 0.25) is 0 Å². The van der Waals surface area contributed by atoms with Crippen LogP contribution in [0.3, 0.4) is 0 Å². The molecule has 0 aliphatic heterocycles. The molecule has 0 amide bonds. The molecule has 32 heavy (non-hydrogen) atoms. The Kier molecular flexibility index (Phi) is 6.90. The molecule has 0 saturated carbocycles. The Morgan fingerprint density at radius 3 is 0.719 bits per heavy atom. The van der Waals surface area contributed by atoms with Crippen LogP contribution in [-0.4, -0.2) is 0 Å². The molecule has 0 aromatic heterocycles. The van der Waals surface area contributed by atoms with Crippen molar-refractivity contribution in [3.8, 4) is 0 Å². The average molecular weight is 419 g/mol. The Bertz CT molecular complexity index is 892. The van der Waals surface area contributed by atoms with E-state index in [0.29, 0.717) is 0 Å². The predicted octanol–water partition coefficient (Wildman–Crippen LogP) is 7.97. The molecule has 4 aromatic carbocycles. The van der Waals surface area contributed by atoms with Crippen LogP contribution in [0.4, 0.5) is 0 Å². The molecule has 0 atom stereocenters. The minimum Gasteiger partial charge on any atom is -0.0622 e. The van der Waals surface area contributed by atoms with Crippen molar-refractivity contribution in [2.75, 3.05) is 0 Å². The normalized spacial score (nSPS) is 11.9. The van der Waals surface area contributed by atoms with Gasteiger partial charge in [0.05, 0.1) is 0 Å². The molecule has 0 heteroatoms. The van der Waals surface area contributed by atoms with E-state index in [4.69, 9.17) is 0 Å². The van der Waals surface area contributed by atoms with Crippen molar-refractivity contribution < 1.29 is 0 Å². The summed E-state index contributed by atoms with van der Waals surface area (Å²) in [6, 6.07) is 44.1. The lowest BCUT2D eigenvalue weighted by Crippen LogP contribution is -2.44. The highest BCUT2D eigenvalue weighted by Gasteiger charge is 2.44. The van der Waals surface area contributed by atoms with Gasteiger partial charge in [-0.05, 0) is 58.8 Å². The van der Waals surface area contributed by atoms with Crippen LogP contribution in [0.15, 0.2) is 121 Å². The van der Waals surface area contributed by atoms with Gasteiger partial charge in [0.15, 0.2) is 0 Å². The molecule has 0 nitrogen and oxygen atoms in total. The number of benzene rings is 4. The minimum absolute atomic E-state index is 0.0708. The summed E-state index contributed by atoms with van der Waals surface area (Å²) in [4.78, 5) is 0. The van der Waals surface area contributed by atoms with Gasteiger partial charge in [-0.3, -0.25) is 0 Å². The molecule has 0 fully saturated rings. The van der Waals surface area contributed by atoms with E-state index in [-0.39, 0.29) is 10.8 Å². The van der Waals surface area contributed by atoms with Crippen molar-refractivity contribution >= 4 is 0 Å². The van der Waals surface area contributed by atoms with Gasteiger partial charge in [-0.2, -0.15) is 0 Å². The van der Waals surface area contributed by atoms with Crippen LogP contribution < -0.4 is 0 Å². The molecular formula is C32H34. The van der Waals surface area contributed by atoms with Crippen LogP contribution in [0.25, 0.3) is 0 Å². The van der Waals surface area contributed by atoms with Crippen LogP contribution in [0, 0.1) is 10.8 Å². The fraction of sp³-hybridized carbons (Fsp3) is 0.250. The van der Waals surface area contributed by atoms with Gasteiger partial charge in [0.2, 0.25) is 0 Å². The monoisotopic (exact) mass is 418 g/mol. The third-order valence-corrected chi connectivity index (χ3v) is 7.21. The van der Waals surface area contributed by atoms with Gasteiger partial charge in [0.1, 0.15) is 0 Å². The van der Waals surface area contributed by atoms with E-state index in [9.17, 15) is 0 Å². The number of hydrogen-bond donors (Lipinski definition) is 0. The van der Waals surface area contributed by atoms with E-state index >= 15 is 0 Å². The Hall–Kier alpha value is -3.12. The molecule has 0 N–H and O–H groups in total. The van der Waals surface area contributed by atoms with E-state index in [1.165, 1.54) is 22.3 Å². The van der Waals surface area contributed by atoms with Gasteiger partial charge in [0.25, 0.3) is 0 Å². The minimum atomic E-state index is 0.0708. The van der Waals surface area contributed by atoms with Crippen LogP contribution in [0.1, 0.15) is 36.1 Å². The predicted molar refractivity (Wildman–Crippen MR) is 137 cm³/mol. The maximum atomic E-state index is 2.51. The second-order valence-electron chi connectivity index (χ2n) is 9.77. The second kappa shape index (κ2) is 10.0. The standard InChI is InChI=1S/C32H34/c1-31(23-27-15-7-3-8-16-27,24-28-17-9-4-10-18-28)32(2,25-29-19-11-5-12-20-29)26-30-21-13-6-14-22-30/h3-22H,23-26H2,1-2H3. The van der Waals surface area contributed by atoms with Gasteiger partial charge in [-0.15, -0.1) is 0 Å². The van der Waals surface area contributed by atoms with E-state index < -0.39 is 0 Å². The fourth-order valence-electron chi connectivity index (χ4n) is 5.16. The van der Waals surface area contributed by atoms with E-state index in [1.807, 2.05) is 0 Å². The molecule has 0 bridgehead atoms. The van der Waals surface area contributed by atoms with E-state index in [2.05, 4.69) is 135 Å². The zero-order valence-electron chi connectivity index (χ0n) is 19.4. The summed E-state index contributed by atoms with van der Waals surface area (Å²) in [6.07, 6.45) is 4.22. The average Bonchev–Trinajstić information content (AvgIpc) is 2.81. The highest BCUT2D eigenvalue weighted by molar-refractivity contribution is 5.27. The third kappa shape index (κ3) is 5.37. The van der Waals surface area contributed by atoms with Gasteiger partial charge in [0, 0.05) is 0 Å². The summed E-state index contributed by atoms with van der Waals surface area (Å²) in [5.41, 5.74) is 5.80. The molecule has 4 rings (SSSR count). The van der Waals surface area contributed by atoms with Crippen molar-refractivity contribution in [2.45, 2.75) is 39.5 Å². The molecule has 162 valence electrons. The molecule has 4 aromatic rings. The van der Waals surface area contributed by atoms with Crippen molar-refractivity contribution in [2.24, 2.45) is 10.8 Å². The van der Waals surface area contributed by atoms with E-state index in [0.717, 1.165) is 25.7 Å². The Morgan fingerprint density at radius 2 is 0.531 bits per heavy atom. The largest absolute Gasteiger partial charge is 0.0622 e. The summed E-state index contributed by atoms with van der Waals surface area (Å²) < 4.78 is 0. The number of rotatable bonds is 9. The first-order valence-electron chi connectivity index (χ1n) is 11.7. The number of hydrogen-bond acceptors (Lipinski definition) is 0. The zero-order chi connectivity index (χ0) is 22.3. The lowest BCUT2D eigenvalue weighted by Gasteiger charge is -2.48. The Morgan fingerprint density at radius 1 is 0.344 bits per heavy atom. The lowest BCUT2D eigenvalue weighted by molar-refractivity contribution is 0.0671. The fourth-order valence-corrected chi connectivity index (χ4v) is 5.16. The highest BCUT2D eigenvalue weighted by atomic mass is 14.5. The van der Waals surface area contributed by atoms with Crippen LogP contribution in [0.5, 0.6) is 0 Å². The van der Waals surface area contributed by atoms with Crippen LogP contribution >= 0.6 is 0 Å². The van der Waals surface area contributed by atoms with Crippen molar-refractivity contribution in [3.05, 3.63) is 144 Å². The molecule has 0 spiro atoms. The maximum Gasteiger partial charge on any atom is -0.0185 e. The maximum absolute atomic E-state index is 2.51. The van der Waals surface area contributed by atoms with Crippen molar-refractivity contribution in [3.63, 3.8) is 0 Å². The Balaban J connectivity index is 1.78. The third-order valence-electron chi connectivity index (χ3n) is 7.21. The Labute approximate surface area is 194 Å². The topological polar surface area (TPSA) is 0 Å². The molecule has 0 heterocycles. The first kappa shape index (κ1) is 22.1. The van der Waals surface area contributed by atoms with Gasteiger partial charge < -0.3 is 0 Å². The SMILES string of the molecule is CC(Cc1ccccc1)(Cc1ccccc1)C(C)(Cc1ccccc1)Cc1ccccc1. The first-order chi connectivity index (χ1) is 15.6. The highest BCUT2D eigenvalue weighted by Crippen LogP contribution is 2.49. The quantitative estimate of drug-likeness (QED) is 0.258. The molecule has 0 unspecified atom stereocenters. The molecule has 0 aliphatic rings. The first-order valence-corrected chi connectivity index (χ1v) is 11.7.